The maximum absolute atomic E-state index is 12.9. The molecule has 3 rings (SSSR count). The van der Waals surface area contributed by atoms with E-state index in [0.717, 1.165) is 12.8 Å². The van der Waals surface area contributed by atoms with Crippen molar-refractivity contribution >= 4 is 17.4 Å². The molecule has 1 aromatic rings. The van der Waals surface area contributed by atoms with Crippen LogP contribution in [0, 0.1) is 11.3 Å². The summed E-state index contributed by atoms with van der Waals surface area (Å²) in [5.74, 6) is 0.523. The first kappa shape index (κ1) is 19.6. The van der Waals surface area contributed by atoms with E-state index in [1.54, 1.807) is 16.2 Å². The summed E-state index contributed by atoms with van der Waals surface area (Å²) in [6.45, 7) is 2.00. The zero-order chi connectivity index (χ0) is 18.4. The molecule has 0 radical (unpaired) electrons. The number of hydrogen-bond donors (Lipinski definition) is 2. The number of rotatable bonds is 6. The Kier molecular flexibility index (Phi) is 6.95. The Morgan fingerprint density at radius 2 is 2.12 bits per heavy atom. The topological polar surface area (TPSA) is 61.8 Å². The number of amides is 2. The Morgan fingerprint density at radius 1 is 1.38 bits per heavy atom. The van der Waals surface area contributed by atoms with Gasteiger partial charge in [0.25, 0.3) is 0 Å². The van der Waals surface area contributed by atoms with Gasteiger partial charge in [0.05, 0.1) is 12.6 Å². The fourth-order valence-corrected chi connectivity index (χ4v) is 5.22. The van der Waals surface area contributed by atoms with Crippen LogP contribution >= 0.6 is 11.3 Å². The fourth-order valence-electron chi connectivity index (χ4n) is 4.35. The molecule has 2 amide bonds. The smallest absolute Gasteiger partial charge is 0.317 e. The van der Waals surface area contributed by atoms with Crippen molar-refractivity contribution in [2.24, 2.45) is 11.3 Å². The first-order chi connectivity index (χ1) is 12.6. The quantitative estimate of drug-likeness (QED) is 0.789. The molecule has 1 aliphatic heterocycles. The first-order valence-electron chi connectivity index (χ1n) is 9.87. The van der Waals surface area contributed by atoms with Gasteiger partial charge in [0, 0.05) is 37.1 Å². The molecule has 1 aromatic heterocycles. The van der Waals surface area contributed by atoms with Crippen molar-refractivity contribution in [2.75, 3.05) is 33.4 Å². The van der Waals surface area contributed by atoms with Gasteiger partial charge in [-0.25, -0.2) is 4.79 Å². The van der Waals surface area contributed by atoms with Gasteiger partial charge in [-0.05, 0) is 43.0 Å². The van der Waals surface area contributed by atoms with Crippen molar-refractivity contribution in [3.05, 3.63) is 22.4 Å². The molecule has 2 aliphatic rings. The van der Waals surface area contributed by atoms with Gasteiger partial charge < -0.3 is 20.1 Å². The largest absolute Gasteiger partial charge is 0.396 e. The van der Waals surface area contributed by atoms with Gasteiger partial charge >= 0.3 is 6.03 Å². The third-order valence-electron chi connectivity index (χ3n) is 6.06. The SMILES string of the molecule is CN(CC1(CO)CCOCC1)C(=O)N[C@@H](c1cccs1)C1CCCCC1. The minimum atomic E-state index is -0.229. The monoisotopic (exact) mass is 380 g/mol. The van der Waals surface area contributed by atoms with Crippen LogP contribution < -0.4 is 5.32 Å². The van der Waals surface area contributed by atoms with Gasteiger partial charge in [-0.2, -0.15) is 0 Å². The summed E-state index contributed by atoms with van der Waals surface area (Å²) < 4.78 is 5.43. The molecule has 2 heterocycles. The van der Waals surface area contributed by atoms with Crippen LogP contribution in [0.15, 0.2) is 17.5 Å². The molecule has 2 N–H and O–H groups in total. The van der Waals surface area contributed by atoms with Crippen LogP contribution in [0.1, 0.15) is 55.9 Å². The summed E-state index contributed by atoms with van der Waals surface area (Å²) in [6.07, 6.45) is 7.80. The van der Waals surface area contributed by atoms with Crippen molar-refractivity contribution < 1.29 is 14.6 Å². The summed E-state index contributed by atoms with van der Waals surface area (Å²) in [7, 11) is 1.84. The lowest BCUT2D eigenvalue weighted by atomic mass is 9.80. The van der Waals surface area contributed by atoms with E-state index >= 15 is 0 Å². The van der Waals surface area contributed by atoms with Crippen molar-refractivity contribution in [3.63, 3.8) is 0 Å². The third-order valence-corrected chi connectivity index (χ3v) is 7.01. The zero-order valence-corrected chi connectivity index (χ0v) is 16.6. The second kappa shape index (κ2) is 9.20. The number of urea groups is 1. The highest BCUT2D eigenvalue weighted by atomic mass is 32.1. The Hall–Kier alpha value is -1.11. The number of aliphatic hydroxyl groups excluding tert-OH is 1. The van der Waals surface area contributed by atoms with Gasteiger partial charge in [-0.3, -0.25) is 0 Å². The summed E-state index contributed by atoms with van der Waals surface area (Å²) >= 11 is 1.73. The van der Waals surface area contributed by atoms with Gasteiger partial charge in [0.2, 0.25) is 0 Å². The van der Waals surface area contributed by atoms with Crippen LogP contribution in [0.3, 0.4) is 0 Å². The molecule has 2 fully saturated rings. The number of aliphatic hydroxyl groups is 1. The normalized spacial score (nSPS) is 21.9. The second-order valence-electron chi connectivity index (χ2n) is 7.97. The molecule has 6 heteroatoms. The van der Waals surface area contributed by atoms with Crippen molar-refractivity contribution in [1.82, 2.24) is 10.2 Å². The van der Waals surface area contributed by atoms with Crippen molar-refractivity contribution in [1.29, 1.82) is 0 Å². The highest BCUT2D eigenvalue weighted by molar-refractivity contribution is 7.10. The van der Waals surface area contributed by atoms with Crippen molar-refractivity contribution in [2.45, 2.75) is 51.0 Å². The summed E-state index contributed by atoms with van der Waals surface area (Å²) in [5, 5.41) is 15.3. The average Bonchev–Trinajstić information content (AvgIpc) is 3.21. The van der Waals surface area contributed by atoms with Gasteiger partial charge in [-0.1, -0.05) is 25.3 Å². The van der Waals surface area contributed by atoms with Gasteiger partial charge in [-0.15, -0.1) is 11.3 Å². The predicted molar refractivity (Wildman–Crippen MR) is 104 cm³/mol. The molecule has 0 aromatic carbocycles. The minimum Gasteiger partial charge on any atom is -0.396 e. The van der Waals surface area contributed by atoms with E-state index in [1.165, 1.54) is 37.0 Å². The van der Waals surface area contributed by atoms with Crippen molar-refractivity contribution in [3.8, 4) is 0 Å². The molecular formula is C20H32N2O3S. The first-order valence-corrected chi connectivity index (χ1v) is 10.8. The number of carbonyl (C=O) groups is 1. The Labute approximate surface area is 160 Å². The average molecular weight is 381 g/mol. The Balaban J connectivity index is 1.64. The molecule has 1 saturated heterocycles. The van der Waals surface area contributed by atoms with E-state index < -0.39 is 0 Å². The summed E-state index contributed by atoms with van der Waals surface area (Å²) in [5.41, 5.74) is -0.229. The van der Waals surface area contributed by atoms with Gasteiger partial charge in [0.15, 0.2) is 0 Å². The number of hydrogen-bond acceptors (Lipinski definition) is 4. The summed E-state index contributed by atoms with van der Waals surface area (Å²) in [6, 6.07) is 4.27. The van der Waals surface area contributed by atoms with Crippen LogP contribution in [0.25, 0.3) is 0 Å². The van der Waals surface area contributed by atoms with E-state index in [2.05, 4.69) is 22.8 Å². The standard InChI is InChI=1S/C20H32N2O3S/c1-22(14-20(15-23)9-11-25-12-10-20)19(24)21-18(17-8-5-13-26-17)16-6-3-2-4-7-16/h5,8,13,16,18,23H,2-4,6-7,9-12,14-15H2,1H3,(H,21,24)/t18-/m1/s1. The highest BCUT2D eigenvalue weighted by Gasteiger charge is 2.35. The molecule has 5 nitrogen and oxygen atoms in total. The fraction of sp³-hybridized carbons (Fsp3) is 0.750. The summed E-state index contributed by atoms with van der Waals surface area (Å²) in [4.78, 5) is 15.9. The van der Waals surface area contributed by atoms with E-state index in [1.807, 2.05) is 7.05 Å². The Morgan fingerprint density at radius 3 is 2.73 bits per heavy atom. The number of carbonyl (C=O) groups excluding carboxylic acids is 1. The molecule has 1 saturated carbocycles. The van der Waals surface area contributed by atoms with E-state index in [-0.39, 0.29) is 24.1 Å². The van der Waals surface area contributed by atoms with Crippen LogP contribution in [0.5, 0.6) is 0 Å². The molecule has 146 valence electrons. The molecular weight excluding hydrogens is 348 g/mol. The van der Waals surface area contributed by atoms with E-state index in [4.69, 9.17) is 4.74 Å². The Bertz CT molecular complexity index is 551. The van der Waals surface area contributed by atoms with E-state index in [9.17, 15) is 9.90 Å². The van der Waals surface area contributed by atoms with E-state index in [0.29, 0.717) is 25.7 Å². The zero-order valence-electron chi connectivity index (χ0n) is 15.8. The van der Waals surface area contributed by atoms with Crippen LogP contribution in [0.2, 0.25) is 0 Å². The lowest BCUT2D eigenvalue weighted by Crippen LogP contribution is -2.48. The second-order valence-corrected chi connectivity index (χ2v) is 8.95. The van der Waals surface area contributed by atoms with Crippen LogP contribution in [-0.2, 0) is 4.74 Å². The lowest BCUT2D eigenvalue weighted by molar-refractivity contribution is -0.0262. The molecule has 26 heavy (non-hydrogen) atoms. The predicted octanol–water partition coefficient (Wildman–Crippen LogP) is 3.80. The van der Waals surface area contributed by atoms with Gasteiger partial charge in [0.1, 0.15) is 0 Å². The molecule has 0 spiro atoms. The maximum Gasteiger partial charge on any atom is 0.317 e. The number of nitrogens with zero attached hydrogens (tertiary/aromatic N) is 1. The number of ether oxygens (including phenoxy) is 1. The number of thiophene rings is 1. The third kappa shape index (κ3) is 4.78. The van der Waals surface area contributed by atoms with Crippen LogP contribution in [0.4, 0.5) is 4.79 Å². The molecule has 1 aliphatic carbocycles. The molecule has 1 atom stereocenters. The highest BCUT2D eigenvalue weighted by Crippen LogP contribution is 2.36. The molecule has 0 unspecified atom stereocenters. The minimum absolute atomic E-state index is 0.0340. The lowest BCUT2D eigenvalue weighted by Gasteiger charge is -2.39. The molecule has 0 bridgehead atoms. The number of nitrogens with one attached hydrogen (secondary N) is 1. The van der Waals surface area contributed by atoms with Crippen LogP contribution in [-0.4, -0.2) is 49.5 Å². The maximum atomic E-state index is 12.9.